The van der Waals surface area contributed by atoms with E-state index in [-0.39, 0.29) is 23.8 Å². The first kappa shape index (κ1) is 20.0. The highest BCUT2D eigenvalue weighted by Crippen LogP contribution is 2.48. The maximum absolute atomic E-state index is 14.5. The molecule has 0 bridgehead atoms. The molecular formula is C22H15ClFN3O3S. The molecule has 1 aliphatic heterocycles. The largest absolute Gasteiger partial charge is 0.475 e. The van der Waals surface area contributed by atoms with Crippen LogP contribution in [0.3, 0.4) is 0 Å². The Balaban J connectivity index is 1.87. The molecule has 0 aliphatic carbocycles. The van der Waals surface area contributed by atoms with E-state index < -0.39 is 5.82 Å². The van der Waals surface area contributed by atoms with Crippen LogP contribution in [0.4, 0.5) is 9.39 Å². The van der Waals surface area contributed by atoms with E-state index in [0.717, 1.165) is 27.8 Å². The molecule has 0 atom stereocenters. The first-order chi connectivity index (χ1) is 15.0. The van der Waals surface area contributed by atoms with E-state index in [0.29, 0.717) is 50.8 Å². The van der Waals surface area contributed by atoms with Gasteiger partial charge in [0, 0.05) is 22.4 Å². The number of aliphatic hydroxyl groups excluding tert-OH is 1. The number of ether oxygens (including phenoxy) is 2. The average Bonchev–Trinajstić information content (AvgIpc) is 3.38. The van der Waals surface area contributed by atoms with Crippen molar-refractivity contribution in [3.63, 3.8) is 0 Å². The maximum Gasteiger partial charge on any atom is 0.213 e. The number of nitriles is 1. The van der Waals surface area contributed by atoms with Gasteiger partial charge in [0.1, 0.15) is 23.5 Å². The van der Waals surface area contributed by atoms with Crippen LogP contribution in [0, 0.1) is 17.1 Å². The first-order valence-electron chi connectivity index (χ1n) is 9.41. The molecule has 2 aromatic heterocycles. The molecule has 0 saturated carbocycles. The molecule has 0 radical (unpaired) electrons. The molecule has 0 unspecified atom stereocenters. The molecule has 31 heavy (non-hydrogen) atoms. The van der Waals surface area contributed by atoms with Gasteiger partial charge >= 0.3 is 0 Å². The Morgan fingerprint density at radius 3 is 2.87 bits per heavy atom. The zero-order valence-electron chi connectivity index (χ0n) is 16.0. The van der Waals surface area contributed by atoms with Crippen molar-refractivity contribution in [2.45, 2.75) is 13.2 Å². The van der Waals surface area contributed by atoms with Crippen LogP contribution in [0.1, 0.15) is 16.7 Å². The topological polar surface area (TPSA) is 101 Å². The highest BCUT2D eigenvalue weighted by molar-refractivity contribution is 7.23. The number of pyridine rings is 1. The van der Waals surface area contributed by atoms with Crippen molar-refractivity contribution in [3.8, 4) is 23.1 Å². The lowest BCUT2D eigenvalue weighted by atomic mass is 9.91. The van der Waals surface area contributed by atoms with Gasteiger partial charge in [-0.05, 0) is 28.8 Å². The Labute approximate surface area is 185 Å². The molecular weight excluding hydrogens is 441 g/mol. The number of nitrogen functional groups attached to an aromatic ring is 1. The average molecular weight is 456 g/mol. The second kappa shape index (κ2) is 7.62. The quantitative estimate of drug-likeness (QED) is 0.460. The number of rotatable bonds is 4. The summed E-state index contributed by atoms with van der Waals surface area (Å²) in [6.07, 6.45) is 0. The van der Waals surface area contributed by atoms with E-state index in [4.69, 9.17) is 31.9 Å². The predicted octanol–water partition coefficient (Wildman–Crippen LogP) is 4.76. The number of nitrogens with zero attached hydrogens (tertiary/aromatic N) is 2. The fraction of sp³-hybridized carbons (Fsp3) is 0.182. The highest BCUT2D eigenvalue weighted by Gasteiger charge is 2.27. The van der Waals surface area contributed by atoms with Crippen molar-refractivity contribution in [2.24, 2.45) is 0 Å². The van der Waals surface area contributed by atoms with Crippen LogP contribution < -0.4 is 10.5 Å². The third kappa shape index (κ3) is 3.01. The van der Waals surface area contributed by atoms with Gasteiger partial charge in [0.15, 0.2) is 0 Å². The predicted molar refractivity (Wildman–Crippen MR) is 118 cm³/mol. The number of hydrogen-bond acceptors (Lipinski definition) is 7. The number of halogens is 2. The number of anilines is 1. The number of aromatic nitrogens is 1. The van der Waals surface area contributed by atoms with Gasteiger partial charge in [-0.3, -0.25) is 0 Å². The standard InChI is InChI=1S/C22H15ClFN3O3S/c23-19-17(11-1-3-15(24)21-18(11)12(7-25)22(26)31-21)14-9-29-8-13(14)10-2-4-16(27-20(10)19)30-6-5-28/h1-4,28H,5-6,8-9,26H2. The Kier molecular flexibility index (Phi) is 4.91. The van der Waals surface area contributed by atoms with Crippen molar-refractivity contribution >= 4 is 48.9 Å². The summed E-state index contributed by atoms with van der Waals surface area (Å²) in [6.45, 7) is 0.690. The molecule has 0 spiro atoms. The second-order valence-corrected chi connectivity index (χ2v) is 8.44. The zero-order chi connectivity index (χ0) is 21.7. The minimum absolute atomic E-state index is 0.106. The summed E-state index contributed by atoms with van der Waals surface area (Å²) in [5, 5.41) is 20.6. The van der Waals surface area contributed by atoms with Crippen molar-refractivity contribution in [3.05, 3.63) is 51.8 Å². The SMILES string of the molecule is N#Cc1c(N)sc2c(F)ccc(-c3c4c(c5ccc(OCCO)nc5c3Cl)COC4)c12. The summed E-state index contributed by atoms with van der Waals surface area (Å²) < 4.78 is 26.0. The number of nitrogens with two attached hydrogens (primary N) is 1. The lowest BCUT2D eigenvalue weighted by molar-refractivity contribution is 0.135. The van der Waals surface area contributed by atoms with Crippen LogP contribution in [0.15, 0.2) is 24.3 Å². The van der Waals surface area contributed by atoms with Crippen LogP contribution in [0.25, 0.3) is 32.1 Å². The molecule has 0 amide bonds. The van der Waals surface area contributed by atoms with Gasteiger partial charge in [-0.2, -0.15) is 5.26 Å². The first-order valence-corrected chi connectivity index (χ1v) is 10.6. The number of benzene rings is 2. The zero-order valence-corrected chi connectivity index (χ0v) is 17.6. The number of thiophene rings is 1. The second-order valence-electron chi connectivity index (χ2n) is 7.01. The summed E-state index contributed by atoms with van der Waals surface area (Å²) in [6, 6.07) is 8.64. The van der Waals surface area contributed by atoms with Crippen LogP contribution in [-0.4, -0.2) is 23.3 Å². The molecule has 4 aromatic rings. The molecule has 156 valence electrons. The Hall–Kier alpha value is -2.96. The lowest BCUT2D eigenvalue weighted by Gasteiger charge is -2.16. The minimum Gasteiger partial charge on any atom is -0.475 e. The fourth-order valence-electron chi connectivity index (χ4n) is 4.02. The molecule has 3 heterocycles. The molecule has 3 N–H and O–H groups in total. The van der Waals surface area contributed by atoms with Crippen molar-refractivity contribution in [2.75, 3.05) is 18.9 Å². The third-order valence-corrected chi connectivity index (χ3v) is 6.72. The van der Waals surface area contributed by atoms with Crippen molar-refractivity contribution in [1.29, 1.82) is 5.26 Å². The number of hydrogen-bond donors (Lipinski definition) is 2. The van der Waals surface area contributed by atoms with Gasteiger partial charge in [0.2, 0.25) is 5.88 Å². The fourth-order valence-corrected chi connectivity index (χ4v) is 5.33. The molecule has 9 heteroatoms. The van der Waals surface area contributed by atoms with E-state index >= 15 is 0 Å². The molecule has 6 nitrogen and oxygen atoms in total. The Morgan fingerprint density at radius 1 is 1.29 bits per heavy atom. The monoisotopic (exact) mass is 455 g/mol. The third-order valence-electron chi connectivity index (χ3n) is 5.32. The summed E-state index contributed by atoms with van der Waals surface area (Å²) >= 11 is 7.92. The van der Waals surface area contributed by atoms with Gasteiger partial charge in [-0.15, -0.1) is 11.3 Å². The Morgan fingerprint density at radius 2 is 2.10 bits per heavy atom. The van der Waals surface area contributed by atoms with Gasteiger partial charge in [-0.1, -0.05) is 17.7 Å². The Bertz CT molecular complexity index is 1410. The van der Waals surface area contributed by atoms with Crippen LogP contribution in [0.5, 0.6) is 5.88 Å². The highest BCUT2D eigenvalue weighted by atomic mass is 35.5. The van der Waals surface area contributed by atoms with E-state index in [2.05, 4.69) is 11.1 Å². The van der Waals surface area contributed by atoms with Crippen molar-refractivity contribution < 1.29 is 19.0 Å². The van der Waals surface area contributed by atoms with E-state index in [1.165, 1.54) is 6.07 Å². The molecule has 5 rings (SSSR count). The van der Waals surface area contributed by atoms with Crippen LogP contribution in [-0.2, 0) is 18.0 Å². The molecule has 0 saturated heterocycles. The minimum atomic E-state index is -0.445. The molecule has 2 aromatic carbocycles. The summed E-state index contributed by atoms with van der Waals surface area (Å²) in [5.74, 6) is -0.116. The van der Waals surface area contributed by atoms with Gasteiger partial charge in [0.25, 0.3) is 0 Å². The van der Waals surface area contributed by atoms with E-state index in [1.54, 1.807) is 12.1 Å². The van der Waals surface area contributed by atoms with Crippen molar-refractivity contribution in [1.82, 2.24) is 4.98 Å². The van der Waals surface area contributed by atoms with Crippen LogP contribution >= 0.6 is 22.9 Å². The van der Waals surface area contributed by atoms with E-state index in [9.17, 15) is 9.65 Å². The smallest absolute Gasteiger partial charge is 0.213 e. The summed E-state index contributed by atoms with van der Waals surface area (Å²) in [4.78, 5) is 4.54. The van der Waals surface area contributed by atoms with Crippen LogP contribution in [0.2, 0.25) is 5.02 Å². The summed E-state index contributed by atoms with van der Waals surface area (Å²) in [5.41, 5.74) is 9.82. The molecule has 0 fully saturated rings. The van der Waals surface area contributed by atoms with E-state index in [1.807, 2.05) is 6.07 Å². The summed E-state index contributed by atoms with van der Waals surface area (Å²) in [7, 11) is 0. The van der Waals surface area contributed by atoms with Gasteiger partial charge in [0.05, 0.1) is 40.6 Å². The number of aliphatic hydroxyl groups is 1. The molecule has 1 aliphatic rings. The maximum atomic E-state index is 14.5. The number of fused-ring (bicyclic) bond motifs is 4. The van der Waals surface area contributed by atoms with Gasteiger partial charge < -0.3 is 20.3 Å². The normalized spacial score (nSPS) is 13.0. The van der Waals surface area contributed by atoms with Gasteiger partial charge in [-0.25, -0.2) is 9.37 Å². The lowest BCUT2D eigenvalue weighted by Crippen LogP contribution is -2.03.